The molecule has 1 unspecified atom stereocenters. The fourth-order valence-corrected chi connectivity index (χ4v) is 9.39. The average Bonchev–Trinajstić information content (AvgIpc) is 3.70. The molecule has 1 saturated carbocycles. The smallest absolute Gasteiger partial charge is 0.238 e. The van der Waals surface area contributed by atoms with Crippen molar-refractivity contribution in [1.82, 2.24) is 29.7 Å². The Morgan fingerprint density at radius 2 is 1.78 bits per heavy atom. The summed E-state index contributed by atoms with van der Waals surface area (Å²) in [5, 5.41) is 17.7. The molecule has 4 aromatic rings. The highest BCUT2D eigenvalue weighted by Crippen LogP contribution is 2.52. The predicted molar refractivity (Wildman–Crippen MR) is 216 cm³/mol. The number of methoxy groups -OCH3 is 1. The number of nitrogens with zero attached hydrogens (tertiary/aromatic N) is 6. The molecule has 2 aromatic carbocycles. The lowest BCUT2D eigenvalue weighted by molar-refractivity contribution is -0.134. The van der Waals surface area contributed by atoms with E-state index in [0.29, 0.717) is 50.9 Å². The van der Waals surface area contributed by atoms with Crippen LogP contribution in [0.25, 0.3) is 22.3 Å². The van der Waals surface area contributed by atoms with Crippen LogP contribution in [-0.2, 0) is 19.7 Å². The number of aryl methyl sites for hydroxylation is 1. The van der Waals surface area contributed by atoms with Crippen LogP contribution in [0, 0.1) is 6.92 Å². The number of anilines is 3. The van der Waals surface area contributed by atoms with Crippen molar-refractivity contribution in [3.63, 3.8) is 0 Å². The number of benzene rings is 2. The number of amides is 2. The van der Waals surface area contributed by atoms with Crippen LogP contribution in [0.3, 0.4) is 0 Å². The van der Waals surface area contributed by atoms with E-state index in [-0.39, 0.29) is 23.9 Å². The Kier molecular flexibility index (Phi) is 10.4. The van der Waals surface area contributed by atoms with Crippen LogP contribution < -0.4 is 15.5 Å². The first kappa shape index (κ1) is 37.6. The van der Waals surface area contributed by atoms with Crippen LogP contribution in [0.2, 0.25) is 0 Å². The van der Waals surface area contributed by atoms with Gasteiger partial charge in [-0.3, -0.25) is 14.9 Å². The van der Waals surface area contributed by atoms with Gasteiger partial charge in [0, 0.05) is 74.3 Å². The summed E-state index contributed by atoms with van der Waals surface area (Å²) in [6.07, 6.45) is 8.10. The summed E-state index contributed by atoms with van der Waals surface area (Å²) in [6.45, 7) is 12.4. The van der Waals surface area contributed by atoms with Crippen molar-refractivity contribution in [1.29, 1.82) is 0 Å². The van der Waals surface area contributed by atoms with Gasteiger partial charge in [-0.2, -0.15) is 0 Å². The quantitative estimate of drug-likeness (QED) is 0.121. The minimum Gasteiger partial charge on any atom is -0.383 e. The molecular formula is C43H56N8O4. The highest BCUT2D eigenvalue weighted by Gasteiger charge is 2.55. The van der Waals surface area contributed by atoms with Crippen molar-refractivity contribution in [3.8, 4) is 11.3 Å². The minimum atomic E-state index is -0.849. The molecule has 292 valence electrons. The SMILES string of the molecule is COCCNC(O)c1cc(Nc2nc(-c3ccc4c(c3)N(C3CC(N5CCCCC5)C3)C(=O)C43CCN(C(C)=O)CC3)cc3ncn(C(C)C)c23)ccc1C. The maximum Gasteiger partial charge on any atom is 0.238 e. The largest absolute Gasteiger partial charge is 0.383 e. The van der Waals surface area contributed by atoms with E-state index in [0.717, 1.165) is 76.3 Å². The Morgan fingerprint density at radius 1 is 1.02 bits per heavy atom. The molecule has 1 spiro atoms. The van der Waals surface area contributed by atoms with Crippen LogP contribution in [-0.4, -0.2) is 99.8 Å². The molecule has 1 atom stereocenters. The number of piperidine rings is 2. The van der Waals surface area contributed by atoms with Gasteiger partial charge < -0.3 is 34.4 Å². The Labute approximate surface area is 324 Å². The minimum absolute atomic E-state index is 0.0682. The zero-order valence-electron chi connectivity index (χ0n) is 33.0. The first-order chi connectivity index (χ1) is 26.6. The molecule has 12 heteroatoms. The molecule has 55 heavy (non-hydrogen) atoms. The summed E-state index contributed by atoms with van der Waals surface area (Å²) in [7, 11) is 1.64. The number of carbonyl (C=O) groups is 2. The third kappa shape index (κ3) is 6.92. The normalized spacial score (nSPS) is 21.7. The Hall–Kier alpha value is -4.36. The number of rotatable bonds is 11. The highest BCUT2D eigenvalue weighted by atomic mass is 16.5. The van der Waals surface area contributed by atoms with Crippen LogP contribution >= 0.6 is 0 Å². The van der Waals surface area contributed by atoms with E-state index >= 15 is 0 Å². The van der Waals surface area contributed by atoms with Crippen molar-refractivity contribution in [2.24, 2.45) is 0 Å². The molecule has 0 radical (unpaired) electrons. The van der Waals surface area contributed by atoms with Crippen molar-refractivity contribution < 1.29 is 19.4 Å². The zero-order valence-corrected chi connectivity index (χ0v) is 33.0. The van der Waals surface area contributed by atoms with Gasteiger partial charge in [-0.15, -0.1) is 0 Å². The number of pyridine rings is 1. The van der Waals surface area contributed by atoms with E-state index in [9.17, 15) is 14.7 Å². The summed E-state index contributed by atoms with van der Waals surface area (Å²) >= 11 is 0. The summed E-state index contributed by atoms with van der Waals surface area (Å²) in [5.74, 6) is 0.930. The number of aliphatic hydroxyl groups is 1. The van der Waals surface area contributed by atoms with Gasteiger partial charge in [0.05, 0.1) is 29.6 Å². The molecule has 2 aromatic heterocycles. The number of hydrogen-bond donors (Lipinski definition) is 3. The maximum atomic E-state index is 14.8. The number of carbonyl (C=O) groups excluding carboxylic acids is 2. The second-order valence-electron chi connectivity index (χ2n) is 16.4. The van der Waals surface area contributed by atoms with Gasteiger partial charge in [-0.1, -0.05) is 24.6 Å². The lowest BCUT2D eigenvalue weighted by atomic mass is 9.73. The van der Waals surface area contributed by atoms with Crippen molar-refractivity contribution >= 4 is 40.0 Å². The molecule has 0 bridgehead atoms. The molecule has 3 aliphatic heterocycles. The predicted octanol–water partition coefficient (Wildman–Crippen LogP) is 6.20. The van der Waals surface area contributed by atoms with Crippen LogP contribution in [0.5, 0.6) is 0 Å². The Balaban J connectivity index is 1.16. The van der Waals surface area contributed by atoms with Crippen molar-refractivity contribution in [2.75, 3.05) is 56.7 Å². The van der Waals surface area contributed by atoms with E-state index in [1.807, 2.05) is 42.4 Å². The number of nitrogens with one attached hydrogen (secondary N) is 2. The van der Waals surface area contributed by atoms with Crippen LogP contribution in [0.15, 0.2) is 48.8 Å². The second kappa shape index (κ2) is 15.3. The monoisotopic (exact) mass is 748 g/mol. The van der Waals surface area contributed by atoms with Gasteiger partial charge in [0.15, 0.2) is 5.82 Å². The average molecular weight is 749 g/mol. The number of aromatic nitrogens is 3. The number of likely N-dealkylation sites (tertiary alicyclic amines) is 2. The van der Waals surface area contributed by atoms with Gasteiger partial charge in [0.2, 0.25) is 11.8 Å². The van der Waals surface area contributed by atoms with Gasteiger partial charge in [-0.25, -0.2) is 9.97 Å². The Bertz CT molecular complexity index is 2060. The third-order valence-corrected chi connectivity index (χ3v) is 12.7. The number of imidazole rings is 1. The lowest BCUT2D eigenvalue weighted by Crippen LogP contribution is -2.58. The maximum absolute atomic E-state index is 14.8. The molecule has 12 nitrogen and oxygen atoms in total. The second-order valence-corrected chi connectivity index (χ2v) is 16.4. The summed E-state index contributed by atoms with van der Waals surface area (Å²) < 4.78 is 7.29. The number of hydrogen-bond acceptors (Lipinski definition) is 9. The molecule has 4 aliphatic rings. The molecule has 8 rings (SSSR count). The molecule has 5 heterocycles. The van der Waals surface area contributed by atoms with Gasteiger partial charge in [0.25, 0.3) is 0 Å². The fourth-order valence-electron chi connectivity index (χ4n) is 9.39. The molecule has 2 amide bonds. The fraction of sp³-hybridized carbons (Fsp3) is 0.535. The van der Waals surface area contributed by atoms with Gasteiger partial charge in [-0.05, 0) is 108 Å². The van der Waals surface area contributed by atoms with E-state index in [4.69, 9.17) is 14.7 Å². The summed E-state index contributed by atoms with van der Waals surface area (Å²) in [4.78, 5) is 43.9. The number of fused-ring (bicyclic) bond motifs is 3. The van der Waals surface area contributed by atoms with E-state index in [1.165, 1.54) is 19.3 Å². The van der Waals surface area contributed by atoms with Crippen molar-refractivity contribution in [3.05, 3.63) is 65.5 Å². The lowest BCUT2D eigenvalue weighted by Gasteiger charge is -2.48. The van der Waals surface area contributed by atoms with Gasteiger partial charge >= 0.3 is 0 Å². The first-order valence-corrected chi connectivity index (χ1v) is 20.2. The van der Waals surface area contributed by atoms with Crippen LogP contribution in [0.1, 0.15) is 94.7 Å². The molecule has 3 fully saturated rings. The molecular weight excluding hydrogens is 693 g/mol. The van der Waals surface area contributed by atoms with E-state index < -0.39 is 11.6 Å². The Morgan fingerprint density at radius 3 is 2.49 bits per heavy atom. The van der Waals surface area contributed by atoms with Gasteiger partial charge in [0.1, 0.15) is 11.7 Å². The first-order valence-electron chi connectivity index (χ1n) is 20.2. The molecule has 1 aliphatic carbocycles. The molecule has 2 saturated heterocycles. The standard InChI is InChI=1S/C43H56N8O4/c1-27(2)50-26-45-37-25-36(47-40(39(37)50)46-31-11-9-28(3)34(22-31)41(53)44-15-20-55-5)30-10-12-35-38(21-30)51(33-23-32(24-33)49-16-7-6-8-17-49)42(54)43(35)13-18-48(19-14-43)29(4)52/h9-12,21-22,25-27,32-33,41,44,53H,6-8,13-20,23-24H2,1-5H3,(H,46,47). The number of aliphatic hydroxyl groups excluding tert-OH is 1. The van der Waals surface area contributed by atoms with E-state index in [1.54, 1.807) is 14.0 Å². The van der Waals surface area contributed by atoms with Crippen LogP contribution in [0.4, 0.5) is 17.2 Å². The zero-order chi connectivity index (χ0) is 38.4. The highest BCUT2D eigenvalue weighted by molar-refractivity contribution is 6.09. The molecule has 3 N–H and O–H groups in total. The third-order valence-electron chi connectivity index (χ3n) is 12.7. The summed E-state index contributed by atoms with van der Waals surface area (Å²) in [5.41, 5.74) is 7.39. The topological polar surface area (TPSA) is 128 Å². The summed E-state index contributed by atoms with van der Waals surface area (Å²) in [6, 6.07) is 15.3. The number of ether oxygens (including phenoxy) is 1. The van der Waals surface area contributed by atoms with Crippen molar-refractivity contribution in [2.45, 2.75) is 102 Å². The van der Waals surface area contributed by atoms with E-state index in [2.05, 4.69) is 57.0 Å².